The third kappa shape index (κ3) is 3.49. The van der Waals surface area contributed by atoms with Gasteiger partial charge in [0, 0.05) is 39.3 Å². The van der Waals surface area contributed by atoms with E-state index in [2.05, 4.69) is 36.1 Å². The van der Waals surface area contributed by atoms with Crippen LogP contribution in [-0.4, -0.2) is 60.4 Å². The first-order chi connectivity index (χ1) is 11.9. The number of benzene rings is 1. The van der Waals surface area contributed by atoms with E-state index in [9.17, 15) is 5.11 Å². The molecular formula is C20H31NO4. The molecular weight excluding hydrogens is 318 g/mol. The molecule has 0 spiro atoms. The van der Waals surface area contributed by atoms with E-state index in [0.29, 0.717) is 0 Å². The second-order valence-corrected chi connectivity index (χ2v) is 7.60. The zero-order valence-corrected chi connectivity index (χ0v) is 15.8. The number of ether oxygens (including phenoxy) is 3. The van der Waals surface area contributed by atoms with Gasteiger partial charge in [-0.2, -0.15) is 0 Å². The number of aliphatic hydroxyl groups excluding tert-OH is 1. The maximum absolute atomic E-state index is 9.95. The number of hydrogen-bond acceptors (Lipinski definition) is 5. The highest BCUT2D eigenvalue weighted by molar-refractivity contribution is 5.15. The Morgan fingerprint density at radius 2 is 1.92 bits per heavy atom. The van der Waals surface area contributed by atoms with Gasteiger partial charge in [-0.15, -0.1) is 0 Å². The molecule has 2 aliphatic heterocycles. The SMILES string of the molecule is CC[C@@]1(C)O[C@@H]2[C@@H](CO)CN(Cc3ccccc3)C[C@H]2O[C@]1(C)OC. The Kier molecular flexibility index (Phi) is 5.51. The highest BCUT2D eigenvalue weighted by atomic mass is 16.7. The fourth-order valence-electron chi connectivity index (χ4n) is 4.07. The Balaban J connectivity index is 1.79. The smallest absolute Gasteiger partial charge is 0.194 e. The molecule has 0 amide bonds. The van der Waals surface area contributed by atoms with Crippen LogP contribution in [0.25, 0.3) is 0 Å². The Labute approximate surface area is 150 Å². The lowest BCUT2D eigenvalue weighted by Gasteiger charge is -2.57. The van der Waals surface area contributed by atoms with Gasteiger partial charge in [0.1, 0.15) is 11.7 Å². The van der Waals surface area contributed by atoms with Crippen LogP contribution in [0.15, 0.2) is 30.3 Å². The maximum atomic E-state index is 9.95. The summed E-state index contributed by atoms with van der Waals surface area (Å²) in [5.41, 5.74) is 0.736. The molecule has 25 heavy (non-hydrogen) atoms. The first kappa shape index (κ1) is 18.8. The fourth-order valence-corrected chi connectivity index (χ4v) is 4.07. The lowest BCUT2D eigenvalue weighted by atomic mass is 9.85. The third-order valence-corrected chi connectivity index (χ3v) is 6.04. The molecule has 0 bridgehead atoms. The molecule has 0 unspecified atom stereocenters. The average Bonchev–Trinajstić information content (AvgIpc) is 2.63. The molecule has 0 radical (unpaired) electrons. The molecule has 0 aliphatic carbocycles. The lowest BCUT2D eigenvalue weighted by Crippen LogP contribution is -2.69. The van der Waals surface area contributed by atoms with Crippen molar-refractivity contribution in [2.24, 2.45) is 5.92 Å². The minimum absolute atomic E-state index is 0.0368. The van der Waals surface area contributed by atoms with Crippen LogP contribution in [-0.2, 0) is 20.8 Å². The van der Waals surface area contributed by atoms with Crippen molar-refractivity contribution in [1.29, 1.82) is 0 Å². The molecule has 1 aromatic rings. The van der Waals surface area contributed by atoms with Gasteiger partial charge in [-0.3, -0.25) is 4.90 Å². The molecule has 1 aromatic carbocycles. The van der Waals surface area contributed by atoms with Gasteiger partial charge in [0.2, 0.25) is 0 Å². The van der Waals surface area contributed by atoms with Crippen molar-refractivity contribution in [3.05, 3.63) is 35.9 Å². The minimum atomic E-state index is -0.793. The van der Waals surface area contributed by atoms with E-state index in [4.69, 9.17) is 14.2 Å². The highest BCUT2D eigenvalue weighted by Crippen LogP contribution is 2.44. The van der Waals surface area contributed by atoms with E-state index in [0.717, 1.165) is 26.1 Å². The van der Waals surface area contributed by atoms with Crippen molar-refractivity contribution in [1.82, 2.24) is 4.90 Å². The normalized spacial score (nSPS) is 39.2. The summed E-state index contributed by atoms with van der Waals surface area (Å²) in [5.74, 6) is -0.756. The molecule has 0 aromatic heterocycles. The van der Waals surface area contributed by atoms with Crippen LogP contribution < -0.4 is 0 Å². The van der Waals surface area contributed by atoms with Gasteiger partial charge in [-0.25, -0.2) is 0 Å². The molecule has 5 atom stereocenters. The molecule has 5 heteroatoms. The van der Waals surface area contributed by atoms with E-state index in [-0.39, 0.29) is 24.7 Å². The van der Waals surface area contributed by atoms with Crippen molar-refractivity contribution < 1.29 is 19.3 Å². The van der Waals surface area contributed by atoms with Crippen molar-refractivity contribution in [2.45, 2.75) is 57.3 Å². The number of likely N-dealkylation sites (tertiary alicyclic amines) is 1. The summed E-state index contributed by atoms with van der Waals surface area (Å²) in [5, 5.41) is 9.95. The average molecular weight is 349 g/mol. The Bertz CT molecular complexity index is 568. The Morgan fingerprint density at radius 1 is 1.20 bits per heavy atom. The zero-order valence-electron chi connectivity index (χ0n) is 15.8. The first-order valence-corrected chi connectivity index (χ1v) is 9.22. The number of aliphatic hydroxyl groups is 1. The summed E-state index contributed by atoms with van der Waals surface area (Å²) < 4.78 is 18.7. The molecule has 2 aliphatic rings. The van der Waals surface area contributed by atoms with Gasteiger partial charge < -0.3 is 19.3 Å². The van der Waals surface area contributed by atoms with Crippen LogP contribution in [0.4, 0.5) is 0 Å². The van der Waals surface area contributed by atoms with Crippen LogP contribution in [0.3, 0.4) is 0 Å². The Hall–Kier alpha value is -0.980. The van der Waals surface area contributed by atoms with Gasteiger partial charge in [0.05, 0.1) is 6.10 Å². The summed E-state index contributed by atoms with van der Waals surface area (Å²) in [7, 11) is 1.67. The standard InChI is InChI=1S/C20H31NO4/c1-5-19(2)20(3,23-4)24-17-13-21(11-15-9-7-6-8-10-15)12-16(14-22)18(17)25-19/h6-10,16-18,22H,5,11-14H2,1-4H3/t16-,17-,18-,19-,20+/m1/s1. The summed E-state index contributed by atoms with van der Waals surface area (Å²) in [6.07, 6.45) is 0.566. The summed E-state index contributed by atoms with van der Waals surface area (Å²) in [4.78, 5) is 2.34. The summed E-state index contributed by atoms with van der Waals surface area (Å²) in [6, 6.07) is 10.4. The number of nitrogens with zero attached hydrogens (tertiary/aromatic N) is 1. The molecule has 0 saturated carbocycles. The van der Waals surface area contributed by atoms with Crippen LogP contribution in [0.1, 0.15) is 32.8 Å². The quantitative estimate of drug-likeness (QED) is 0.885. The van der Waals surface area contributed by atoms with E-state index in [1.807, 2.05) is 19.9 Å². The van der Waals surface area contributed by atoms with Gasteiger partial charge in [-0.05, 0) is 25.8 Å². The first-order valence-electron chi connectivity index (χ1n) is 9.22. The topological polar surface area (TPSA) is 51.2 Å². The van der Waals surface area contributed by atoms with Crippen molar-refractivity contribution in [2.75, 3.05) is 26.8 Å². The molecule has 2 fully saturated rings. The molecule has 140 valence electrons. The predicted molar refractivity (Wildman–Crippen MR) is 96.2 cm³/mol. The predicted octanol–water partition coefficient (Wildman–Crippen LogP) is 2.43. The van der Waals surface area contributed by atoms with Gasteiger partial charge in [0.25, 0.3) is 0 Å². The number of rotatable bonds is 5. The largest absolute Gasteiger partial charge is 0.396 e. The van der Waals surface area contributed by atoms with Crippen molar-refractivity contribution in [3.8, 4) is 0 Å². The lowest BCUT2D eigenvalue weighted by molar-refractivity contribution is -0.399. The third-order valence-electron chi connectivity index (χ3n) is 6.04. The van der Waals surface area contributed by atoms with Crippen molar-refractivity contribution in [3.63, 3.8) is 0 Å². The van der Waals surface area contributed by atoms with E-state index in [1.165, 1.54) is 5.56 Å². The number of hydrogen-bond donors (Lipinski definition) is 1. The van der Waals surface area contributed by atoms with E-state index in [1.54, 1.807) is 7.11 Å². The number of piperidine rings is 1. The molecule has 5 nitrogen and oxygen atoms in total. The summed E-state index contributed by atoms with van der Waals surface area (Å²) >= 11 is 0. The van der Waals surface area contributed by atoms with Crippen LogP contribution in [0.5, 0.6) is 0 Å². The molecule has 3 rings (SSSR count). The van der Waals surface area contributed by atoms with Gasteiger partial charge >= 0.3 is 0 Å². The van der Waals surface area contributed by atoms with E-state index < -0.39 is 11.4 Å². The molecule has 1 N–H and O–H groups in total. The van der Waals surface area contributed by atoms with E-state index >= 15 is 0 Å². The van der Waals surface area contributed by atoms with Gasteiger partial charge in [0.15, 0.2) is 5.79 Å². The fraction of sp³-hybridized carbons (Fsp3) is 0.700. The monoisotopic (exact) mass is 349 g/mol. The van der Waals surface area contributed by atoms with Crippen molar-refractivity contribution >= 4 is 0 Å². The second-order valence-electron chi connectivity index (χ2n) is 7.60. The van der Waals surface area contributed by atoms with Crippen LogP contribution in [0, 0.1) is 5.92 Å². The maximum Gasteiger partial charge on any atom is 0.194 e. The van der Waals surface area contributed by atoms with Crippen LogP contribution in [0.2, 0.25) is 0 Å². The second kappa shape index (κ2) is 7.33. The van der Waals surface area contributed by atoms with Crippen LogP contribution >= 0.6 is 0 Å². The number of fused-ring (bicyclic) bond motifs is 1. The number of methoxy groups -OCH3 is 1. The minimum Gasteiger partial charge on any atom is -0.396 e. The molecule has 2 saturated heterocycles. The van der Waals surface area contributed by atoms with Gasteiger partial charge in [-0.1, -0.05) is 37.3 Å². The highest BCUT2D eigenvalue weighted by Gasteiger charge is 2.57. The Morgan fingerprint density at radius 3 is 2.52 bits per heavy atom. The zero-order chi connectivity index (χ0) is 18.1. The molecule has 2 heterocycles. The summed E-state index contributed by atoms with van der Waals surface area (Å²) in [6.45, 7) is 8.60.